The van der Waals surface area contributed by atoms with Crippen LogP contribution in [0.5, 0.6) is 0 Å². The fraction of sp³-hybridized carbons (Fsp3) is 0.273. The lowest BCUT2D eigenvalue weighted by atomic mass is 10.1. The predicted octanol–water partition coefficient (Wildman–Crippen LogP) is 1.36. The van der Waals surface area contributed by atoms with Gasteiger partial charge >= 0.3 is 0 Å². The summed E-state index contributed by atoms with van der Waals surface area (Å²) in [4.78, 5) is 24.8. The van der Waals surface area contributed by atoms with Crippen molar-refractivity contribution in [1.29, 1.82) is 0 Å². The summed E-state index contributed by atoms with van der Waals surface area (Å²) in [6.07, 6.45) is 0.463. The summed E-state index contributed by atoms with van der Waals surface area (Å²) >= 11 is 3.26. The highest BCUT2D eigenvalue weighted by molar-refractivity contribution is 9.10. The molecule has 1 aromatic rings. The number of carbonyl (C=O) groups is 2. The van der Waals surface area contributed by atoms with E-state index in [2.05, 4.69) is 15.9 Å². The van der Waals surface area contributed by atoms with Gasteiger partial charge in [-0.2, -0.15) is 0 Å². The third-order valence-electron chi connectivity index (χ3n) is 2.49. The molecule has 5 heteroatoms. The zero-order valence-corrected chi connectivity index (χ0v) is 10.0. The van der Waals surface area contributed by atoms with Crippen LogP contribution in [0.4, 0.5) is 5.69 Å². The second kappa shape index (κ2) is 4.35. The van der Waals surface area contributed by atoms with Crippen molar-refractivity contribution in [3.8, 4) is 0 Å². The van der Waals surface area contributed by atoms with Gasteiger partial charge < -0.3 is 10.0 Å². The molecule has 0 fully saturated rings. The lowest BCUT2D eigenvalue weighted by molar-refractivity contribution is -0.114. The molecule has 1 heterocycles. The van der Waals surface area contributed by atoms with Crippen LogP contribution in [-0.2, 0) is 4.79 Å². The van der Waals surface area contributed by atoms with Gasteiger partial charge in [0.1, 0.15) is 0 Å². The van der Waals surface area contributed by atoms with Gasteiger partial charge in [0.05, 0.1) is 11.3 Å². The summed E-state index contributed by atoms with van der Waals surface area (Å²) in [6, 6.07) is 5.25. The highest BCUT2D eigenvalue weighted by Crippen LogP contribution is 2.34. The number of halogens is 1. The average Bonchev–Trinajstić information content (AvgIpc) is 2.51. The number of anilines is 1. The number of hydrogen-bond acceptors (Lipinski definition) is 3. The normalized spacial score (nSPS) is 14.5. The Morgan fingerprint density at radius 1 is 1.31 bits per heavy atom. The van der Waals surface area contributed by atoms with E-state index in [4.69, 9.17) is 5.11 Å². The molecule has 4 nitrogen and oxygen atoms in total. The van der Waals surface area contributed by atoms with Crippen LogP contribution in [0, 0.1) is 0 Å². The molecule has 0 bridgehead atoms. The molecular formula is C11H10BrNO3. The first-order valence-electron chi connectivity index (χ1n) is 4.92. The predicted molar refractivity (Wildman–Crippen MR) is 62.5 cm³/mol. The van der Waals surface area contributed by atoms with E-state index in [0.29, 0.717) is 28.7 Å². The largest absolute Gasteiger partial charge is 0.396 e. The lowest BCUT2D eigenvalue weighted by Gasteiger charge is -2.15. The van der Waals surface area contributed by atoms with Crippen LogP contribution in [0.25, 0.3) is 0 Å². The Bertz CT molecular complexity index is 459. The molecule has 0 spiro atoms. The molecule has 0 atom stereocenters. The zero-order valence-electron chi connectivity index (χ0n) is 8.44. The Labute approximate surface area is 101 Å². The van der Waals surface area contributed by atoms with Crippen LogP contribution in [0.15, 0.2) is 22.7 Å². The Kier molecular flexibility index (Phi) is 3.07. The van der Waals surface area contributed by atoms with Crippen LogP contribution in [0.1, 0.15) is 16.8 Å². The summed E-state index contributed by atoms with van der Waals surface area (Å²) in [6.45, 7) is 0.367. The standard InChI is InChI=1S/C11H10BrNO3/c12-7-3-1-4-8-9(7)10(15)11(16)13(8)5-2-6-14/h1,3-4,14H,2,5-6H2. The van der Waals surface area contributed by atoms with Gasteiger partial charge in [0.15, 0.2) is 0 Å². The van der Waals surface area contributed by atoms with Gasteiger partial charge in [-0.05, 0) is 34.5 Å². The maximum absolute atomic E-state index is 11.7. The molecule has 84 valence electrons. The van der Waals surface area contributed by atoms with Gasteiger partial charge in [-0.1, -0.05) is 6.07 Å². The zero-order chi connectivity index (χ0) is 11.7. The van der Waals surface area contributed by atoms with Crippen molar-refractivity contribution < 1.29 is 14.7 Å². The molecule has 1 aromatic carbocycles. The van der Waals surface area contributed by atoms with Gasteiger partial charge in [0.2, 0.25) is 0 Å². The second-order valence-corrected chi connectivity index (χ2v) is 4.35. The molecule has 0 unspecified atom stereocenters. The van der Waals surface area contributed by atoms with E-state index in [1.165, 1.54) is 4.90 Å². The van der Waals surface area contributed by atoms with Crippen molar-refractivity contribution in [3.05, 3.63) is 28.2 Å². The third-order valence-corrected chi connectivity index (χ3v) is 3.15. The third kappa shape index (κ3) is 1.66. The van der Waals surface area contributed by atoms with Crippen molar-refractivity contribution in [1.82, 2.24) is 0 Å². The van der Waals surface area contributed by atoms with Crippen LogP contribution in [-0.4, -0.2) is 29.9 Å². The van der Waals surface area contributed by atoms with Crippen molar-refractivity contribution in [2.45, 2.75) is 6.42 Å². The van der Waals surface area contributed by atoms with E-state index in [1.54, 1.807) is 18.2 Å². The number of amides is 1. The molecule has 1 aliphatic heterocycles. The quantitative estimate of drug-likeness (QED) is 0.853. The minimum atomic E-state index is -0.518. The Hall–Kier alpha value is -1.20. The lowest BCUT2D eigenvalue weighted by Crippen LogP contribution is -2.31. The first-order valence-corrected chi connectivity index (χ1v) is 5.71. The Morgan fingerprint density at radius 2 is 2.06 bits per heavy atom. The summed E-state index contributed by atoms with van der Waals surface area (Å²) in [5.41, 5.74) is 1.04. The van der Waals surface area contributed by atoms with Crippen molar-refractivity contribution in [2.75, 3.05) is 18.1 Å². The van der Waals surface area contributed by atoms with E-state index in [-0.39, 0.29) is 6.61 Å². The number of aliphatic hydroxyl groups is 1. The van der Waals surface area contributed by atoms with Gasteiger partial charge in [-0.15, -0.1) is 0 Å². The van der Waals surface area contributed by atoms with Crippen molar-refractivity contribution in [2.24, 2.45) is 0 Å². The second-order valence-electron chi connectivity index (χ2n) is 3.50. The molecule has 1 N–H and O–H groups in total. The summed E-state index contributed by atoms with van der Waals surface area (Å²) in [7, 11) is 0. The van der Waals surface area contributed by atoms with E-state index in [1.807, 2.05) is 0 Å². The van der Waals surface area contributed by atoms with E-state index in [9.17, 15) is 9.59 Å². The van der Waals surface area contributed by atoms with Gasteiger partial charge in [-0.25, -0.2) is 0 Å². The monoisotopic (exact) mass is 283 g/mol. The van der Waals surface area contributed by atoms with Crippen LogP contribution in [0.2, 0.25) is 0 Å². The van der Waals surface area contributed by atoms with Crippen LogP contribution < -0.4 is 4.90 Å². The molecule has 0 saturated heterocycles. The number of ketones is 1. The first kappa shape index (κ1) is 11.3. The van der Waals surface area contributed by atoms with Gasteiger partial charge in [0, 0.05) is 17.6 Å². The SMILES string of the molecule is O=C1C(=O)N(CCCO)c2cccc(Br)c21. The molecule has 2 rings (SSSR count). The summed E-state index contributed by atoms with van der Waals surface area (Å²) in [5.74, 6) is -1.00. The number of aliphatic hydroxyl groups excluding tert-OH is 1. The Morgan fingerprint density at radius 3 is 2.75 bits per heavy atom. The van der Waals surface area contributed by atoms with Crippen LogP contribution in [0.3, 0.4) is 0 Å². The molecule has 16 heavy (non-hydrogen) atoms. The highest BCUT2D eigenvalue weighted by Gasteiger charge is 2.36. The minimum Gasteiger partial charge on any atom is -0.396 e. The van der Waals surface area contributed by atoms with E-state index < -0.39 is 11.7 Å². The Balaban J connectivity index is 2.42. The van der Waals surface area contributed by atoms with Crippen LogP contribution >= 0.6 is 15.9 Å². The number of fused-ring (bicyclic) bond motifs is 1. The molecule has 0 aromatic heterocycles. The van der Waals surface area contributed by atoms with Gasteiger partial charge in [0.25, 0.3) is 11.7 Å². The molecule has 0 saturated carbocycles. The summed E-state index contributed by atoms with van der Waals surface area (Å²) < 4.78 is 0.634. The fourth-order valence-corrected chi connectivity index (χ4v) is 2.29. The molecule has 0 radical (unpaired) electrons. The summed E-state index contributed by atoms with van der Waals surface area (Å²) in [5, 5.41) is 8.75. The van der Waals surface area contributed by atoms with Gasteiger partial charge in [-0.3, -0.25) is 9.59 Å². The minimum absolute atomic E-state index is 0.00130. The average molecular weight is 284 g/mol. The molecule has 1 aliphatic rings. The topological polar surface area (TPSA) is 57.6 Å². The first-order chi connectivity index (χ1) is 7.66. The number of Topliss-reactive ketones (excluding diaryl/α,β-unsaturated/α-hetero) is 1. The number of hydrogen-bond donors (Lipinski definition) is 1. The maximum atomic E-state index is 11.7. The molecule has 0 aliphatic carbocycles. The maximum Gasteiger partial charge on any atom is 0.299 e. The highest BCUT2D eigenvalue weighted by atomic mass is 79.9. The van der Waals surface area contributed by atoms with E-state index in [0.717, 1.165) is 0 Å². The fourth-order valence-electron chi connectivity index (χ4n) is 1.75. The number of carbonyl (C=O) groups excluding carboxylic acids is 2. The smallest absolute Gasteiger partial charge is 0.299 e. The molecule has 1 amide bonds. The molecular weight excluding hydrogens is 274 g/mol. The number of rotatable bonds is 3. The number of benzene rings is 1. The van der Waals surface area contributed by atoms with E-state index >= 15 is 0 Å². The number of nitrogens with zero attached hydrogens (tertiary/aromatic N) is 1. The van der Waals surface area contributed by atoms with Crippen molar-refractivity contribution >= 4 is 33.3 Å². The van der Waals surface area contributed by atoms with Crippen molar-refractivity contribution in [3.63, 3.8) is 0 Å².